The van der Waals surface area contributed by atoms with Crippen LogP contribution in [0.3, 0.4) is 0 Å². The van der Waals surface area contributed by atoms with E-state index in [0.717, 1.165) is 22.0 Å². The molecule has 0 N–H and O–H groups in total. The molecule has 3 heterocycles. The predicted molar refractivity (Wildman–Crippen MR) is 147 cm³/mol. The molecular formula is C29H25N5O2S. The molecule has 0 spiro atoms. The number of allylic oxidation sites excluding steroid dienone is 5. The minimum Gasteiger partial charge on any atom is -0.274 e. The maximum atomic E-state index is 13.2. The highest BCUT2D eigenvalue weighted by atomic mass is 32.2. The Bertz CT molecular complexity index is 1500. The number of nitrogens with zero attached hydrogens (tertiary/aromatic N) is 5. The second-order valence-corrected chi connectivity index (χ2v) is 9.44. The van der Waals surface area contributed by atoms with Gasteiger partial charge in [0.05, 0.1) is 0 Å². The first-order valence-electron chi connectivity index (χ1n) is 12.0. The van der Waals surface area contributed by atoms with Gasteiger partial charge in [0, 0.05) is 52.5 Å². The number of pyridine rings is 1. The Kier molecular flexibility index (Phi) is 7.09. The molecule has 0 saturated carbocycles. The number of amides is 2. The fourth-order valence-electron chi connectivity index (χ4n) is 4.45. The first-order valence-corrected chi connectivity index (χ1v) is 12.9. The number of benzene rings is 2. The van der Waals surface area contributed by atoms with Gasteiger partial charge in [0.25, 0.3) is 11.8 Å². The van der Waals surface area contributed by atoms with Gasteiger partial charge in [-0.2, -0.15) is 0 Å². The smallest absolute Gasteiger partial charge is 0.261 e. The Balaban J connectivity index is 1.35. The number of imide groups is 1. The molecule has 2 aromatic heterocycles. The Morgan fingerprint density at radius 2 is 1.70 bits per heavy atom. The summed E-state index contributed by atoms with van der Waals surface area (Å²) in [4.78, 5) is 31.8. The first kappa shape index (κ1) is 24.4. The molecule has 8 heteroatoms. The average molecular weight is 508 g/mol. The maximum Gasteiger partial charge on any atom is 0.261 e. The third-order valence-corrected chi connectivity index (χ3v) is 7.08. The lowest BCUT2D eigenvalue weighted by Gasteiger charge is -2.27. The molecule has 5 rings (SSSR count). The zero-order valence-electron chi connectivity index (χ0n) is 20.4. The molecule has 2 amide bonds. The summed E-state index contributed by atoms with van der Waals surface area (Å²) in [6.45, 7) is 6.12. The van der Waals surface area contributed by atoms with Crippen molar-refractivity contribution in [2.75, 3.05) is 12.3 Å². The lowest BCUT2D eigenvalue weighted by atomic mass is 9.94. The molecule has 37 heavy (non-hydrogen) atoms. The molecule has 2 aromatic carbocycles. The summed E-state index contributed by atoms with van der Waals surface area (Å²) in [5, 5.41) is 11.3. The molecule has 1 aliphatic rings. The van der Waals surface area contributed by atoms with Crippen molar-refractivity contribution in [2.45, 2.75) is 18.5 Å². The summed E-state index contributed by atoms with van der Waals surface area (Å²) in [5.41, 5.74) is 2.93. The summed E-state index contributed by atoms with van der Waals surface area (Å²) in [7, 11) is 0. The molecule has 0 atom stereocenters. The van der Waals surface area contributed by atoms with E-state index >= 15 is 0 Å². The van der Waals surface area contributed by atoms with Crippen LogP contribution in [0.15, 0.2) is 97.0 Å². The summed E-state index contributed by atoms with van der Waals surface area (Å²) in [6, 6.07) is 14.9. The monoisotopic (exact) mass is 507 g/mol. The van der Waals surface area contributed by atoms with Crippen LogP contribution < -0.4 is 0 Å². The van der Waals surface area contributed by atoms with Gasteiger partial charge in [-0.15, -0.1) is 10.2 Å². The van der Waals surface area contributed by atoms with Crippen molar-refractivity contribution in [3.63, 3.8) is 0 Å². The van der Waals surface area contributed by atoms with Gasteiger partial charge in [-0.1, -0.05) is 54.8 Å². The van der Waals surface area contributed by atoms with Crippen molar-refractivity contribution < 1.29 is 9.59 Å². The highest BCUT2D eigenvalue weighted by Gasteiger charge is 2.32. The minimum absolute atomic E-state index is 0.244. The summed E-state index contributed by atoms with van der Waals surface area (Å²) < 4.78 is 1.98. The number of thioether (sulfide) groups is 1. The van der Waals surface area contributed by atoms with E-state index in [9.17, 15) is 9.59 Å². The van der Waals surface area contributed by atoms with Gasteiger partial charge in [-0.25, -0.2) is 0 Å². The third-order valence-electron chi connectivity index (χ3n) is 6.07. The van der Waals surface area contributed by atoms with Crippen LogP contribution in [-0.4, -0.2) is 48.8 Å². The second kappa shape index (κ2) is 10.8. The molecule has 0 bridgehead atoms. The summed E-state index contributed by atoms with van der Waals surface area (Å²) >= 11 is 1.53. The van der Waals surface area contributed by atoms with Gasteiger partial charge in [-0.3, -0.25) is 24.0 Å². The van der Waals surface area contributed by atoms with Gasteiger partial charge in [0.1, 0.15) is 0 Å². The van der Waals surface area contributed by atoms with Crippen molar-refractivity contribution in [1.82, 2.24) is 24.6 Å². The van der Waals surface area contributed by atoms with Crippen molar-refractivity contribution in [2.24, 2.45) is 0 Å². The van der Waals surface area contributed by atoms with E-state index in [4.69, 9.17) is 0 Å². The number of carbonyl (C=O) groups is 2. The van der Waals surface area contributed by atoms with E-state index in [1.807, 2.05) is 66.1 Å². The fraction of sp³-hybridized carbons (Fsp3) is 0.138. The Morgan fingerprint density at radius 1 is 1.00 bits per heavy atom. The van der Waals surface area contributed by atoms with E-state index in [0.29, 0.717) is 40.8 Å². The number of aromatic nitrogens is 4. The van der Waals surface area contributed by atoms with E-state index in [-0.39, 0.29) is 11.8 Å². The van der Waals surface area contributed by atoms with Gasteiger partial charge < -0.3 is 0 Å². The molecule has 4 aromatic rings. The molecule has 0 fully saturated rings. The lowest BCUT2D eigenvalue weighted by molar-refractivity contribution is 0.0611. The molecular weight excluding hydrogens is 482 g/mol. The van der Waals surface area contributed by atoms with E-state index in [1.54, 1.807) is 30.6 Å². The van der Waals surface area contributed by atoms with Crippen LogP contribution in [0, 0.1) is 0 Å². The zero-order valence-corrected chi connectivity index (χ0v) is 21.2. The molecule has 0 radical (unpaired) electrons. The largest absolute Gasteiger partial charge is 0.274 e. The van der Waals surface area contributed by atoms with E-state index in [2.05, 4.69) is 21.8 Å². The van der Waals surface area contributed by atoms with Crippen molar-refractivity contribution in [3.05, 3.63) is 103 Å². The molecule has 7 nitrogen and oxygen atoms in total. The average Bonchev–Trinajstić information content (AvgIpc) is 3.35. The Morgan fingerprint density at radius 3 is 2.35 bits per heavy atom. The van der Waals surface area contributed by atoms with Gasteiger partial charge in [0.2, 0.25) is 0 Å². The number of carbonyl (C=O) groups excluding carboxylic acids is 2. The first-order chi connectivity index (χ1) is 18.1. The van der Waals surface area contributed by atoms with Crippen LogP contribution in [-0.2, 0) is 0 Å². The van der Waals surface area contributed by atoms with Gasteiger partial charge >= 0.3 is 0 Å². The van der Waals surface area contributed by atoms with Crippen LogP contribution >= 0.6 is 11.8 Å². The second-order valence-electron chi connectivity index (χ2n) is 8.38. The molecule has 0 aliphatic carbocycles. The number of hydrogen-bond acceptors (Lipinski definition) is 6. The predicted octanol–water partition coefficient (Wildman–Crippen LogP) is 5.87. The standard InChI is InChI=1S/C29H25N5O2S/c1-3-8-22(9-4-2)34-26(21-14-16-30-17-15-21)31-32-29(34)37-19-7-18-33-27(35)23-12-5-10-20-11-6-13-24(25(20)23)28(33)36/h3-6,8-17H,1,7,18-19H2,2H3/b9-4-,22-8+. The lowest BCUT2D eigenvalue weighted by Crippen LogP contribution is -2.41. The number of hydrogen-bond donors (Lipinski definition) is 0. The van der Waals surface area contributed by atoms with Crippen LogP contribution in [0.5, 0.6) is 0 Å². The molecule has 0 saturated heterocycles. The van der Waals surface area contributed by atoms with Crippen LogP contribution in [0.25, 0.3) is 27.9 Å². The minimum atomic E-state index is -0.244. The van der Waals surface area contributed by atoms with Crippen molar-refractivity contribution in [1.29, 1.82) is 0 Å². The van der Waals surface area contributed by atoms with Crippen molar-refractivity contribution in [3.8, 4) is 11.4 Å². The van der Waals surface area contributed by atoms with Crippen LogP contribution in [0.4, 0.5) is 0 Å². The van der Waals surface area contributed by atoms with E-state index in [1.165, 1.54) is 16.7 Å². The van der Waals surface area contributed by atoms with Crippen molar-refractivity contribution >= 4 is 40.0 Å². The molecule has 0 unspecified atom stereocenters. The third kappa shape index (κ3) is 4.63. The zero-order chi connectivity index (χ0) is 25.8. The number of rotatable bonds is 9. The fourth-order valence-corrected chi connectivity index (χ4v) is 5.33. The summed E-state index contributed by atoms with van der Waals surface area (Å²) in [5.74, 6) is 0.856. The SMILES string of the molecule is C=C/C=C(\C=C/C)n1c(SCCCN2C(=O)c3cccc4cccc(c34)C2=O)nnc1-c1ccncc1. The Hall–Kier alpha value is -4.30. The maximum absolute atomic E-state index is 13.2. The molecule has 1 aliphatic heterocycles. The topological polar surface area (TPSA) is 81.0 Å². The van der Waals surface area contributed by atoms with Gasteiger partial charge in [0.15, 0.2) is 11.0 Å². The highest BCUT2D eigenvalue weighted by Crippen LogP contribution is 2.31. The van der Waals surface area contributed by atoms with E-state index < -0.39 is 0 Å². The van der Waals surface area contributed by atoms with Crippen LogP contribution in [0.2, 0.25) is 0 Å². The van der Waals surface area contributed by atoms with Crippen LogP contribution in [0.1, 0.15) is 34.1 Å². The summed E-state index contributed by atoms with van der Waals surface area (Å²) in [6.07, 6.45) is 11.6. The normalized spacial score (nSPS) is 13.6. The van der Waals surface area contributed by atoms with Gasteiger partial charge in [-0.05, 0) is 55.1 Å². The quantitative estimate of drug-likeness (QED) is 0.122. The Labute approximate surface area is 219 Å². The highest BCUT2D eigenvalue weighted by molar-refractivity contribution is 7.99. The molecule has 184 valence electrons.